The van der Waals surface area contributed by atoms with Gasteiger partial charge in [-0.25, -0.2) is 0 Å². The van der Waals surface area contributed by atoms with Crippen molar-refractivity contribution >= 4 is 5.91 Å². The number of nitrogens with zero attached hydrogens (tertiary/aromatic N) is 1. The largest absolute Gasteiger partial charge is 0.497 e. The van der Waals surface area contributed by atoms with E-state index in [1.807, 2.05) is 0 Å². The van der Waals surface area contributed by atoms with Crippen molar-refractivity contribution < 1.29 is 27.8 Å². The number of alkyl halides is 3. The van der Waals surface area contributed by atoms with Crippen LogP contribution in [0.2, 0.25) is 0 Å². The van der Waals surface area contributed by atoms with Gasteiger partial charge in [-0.15, -0.1) is 0 Å². The molecule has 1 aromatic carbocycles. The number of carbonyl (C=O) groups excluding carboxylic acids is 1. The number of likely N-dealkylation sites (tertiary alicyclic amines) is 1. The first-order chi connectivity index (χ1) is 10.3. The van der Waals surface area contributed by atoms with Crippen LogP contribution >= 0.6 is 0 Å². The van der Waals surface area contributed by atoms with Gasteiger partial charge in [0.05, 0.1) is 13.2 Å². The number of fused-ring (bicyclic) bond motifs is 2. The highest BCUT2D eigenvalue weighted by atomic mass is 19.4. The van der Waals surface area contributed by atoms with E-state index in [1.165, 1.54) is 7.11 Å². The minimum absolute atomic E-state index is 0.0579. The number of piperidine rings is 1. The van der Waals surface area contributed by atoms with Crippen LogP contribution in [-0.2, 0) is 11.3 Å². The first-order valence-corrected chi connectivity index (χ1v) is 6.99. The number of halogens is 3. The third-order valence-electron chi connectivity index (χ3n) is 4.63. The van der Waals surface area contributed by atoms with Crippen molar-refractivity contribution in [2.45, 2.75) is 37.2 Å². The maximum absolute atomic E-state index is 13.1. The van der Waals surface area contributed by atoms with Crippen LogP contribution in [0.15, 0.2) is 24.3 Å². The fourth-order valence-corrected chi connectivity index (χ4v) is 3.44. The Bertz CT molecular complexity index is 587. The lowest BCUT2D eigenvalue weighted by Crippen LogP contribution is -2.60. The number of hydrogen-bond donors (Lipinski definition) is 1. The number of benzene rings is 1. The summed E-state index contributed by atoms with van der Waals surface area (Å²) in [6.07, 6.45) is -5.20. The molecule has 1 N–H and O–H groups in total. The van der Waals surface area contributed by atoms with Gasteiger partial charge in [0.25, 0.3) is 0 Å². The molecule has 22 heavy (non-hydrogen) atoms. The Balaban J connectivity index is 1.83. The molecule has 4 nitrogen and oxygen atoms in total. The summed E-state index contributed by atoms with van der Waals surface area (Å²) in [5, 5.41) is 10.0. The van der Waals surface area contributed by atoms with Gasteiger partial charge in [-0.1, -0.05) is 12.1 Å². The molecule has 0 spiro atoms. The predicted molar refractivity (Wildman–Crippen MR) is 71.1 cm³/mol. The molecule has 0 unspecified atom stereocenters. The number of amides is 1. The Labute approximate surface area is 125 Å². The molecule has 7 heteroatoms. The molecule has 1 heterocycles. The highest BCUT2D eigenvalue weighted by Crippen LogP contribution is 2.52. The molecule has 1 amide bonds. The zero-order chi connectivity index (χ0) is 16.1. The maximum atomic E-state index is 13.1. The molecule has 1 aliphatic carbocycles. The number of methoxy groups -OCH3 is 1. The summed E-state index contributed by atoms with van der Waals surface area (Å²) in [5.74, 6) is -0.422. The second-order valence-corrected chi connectivity index (χ2v) is 5.89. The molecule has 120 valence electrons. The molecule has 1 saturated carbocycles. The quantitative estimate of drug-likeness (QED) is 0.929. The van der Waals surface area contributed by atoms with E-state index in [-0.39, 0.29) is 18.9 Å². The van der Waals surface area contributed by atoms with E-state index < -0.39 is 30.2 Å². The molecule has 1 saturated heterocycles. The lowest BCUT2D eigenvalue weighted by Gasteiger charge is -2.40. The van der Waals surface area contributed by atoms with Gasteiger partial charge in [-0.05, 0) is 30.5 Å². The predicted octanol–water partition coefficient (Wildman–Crippen LogP) is 2.11. The van der Waals surface area contributed by atoms with Gasteiger partial charge < -0.3 is 14.7 Å². The number of hydrogen-bond acceptors (Lipinski definition) is 3. The molecular formula is C15H16F3NO3. The average Bonchev–Trinajstić information content (AvgIpc) is 2.96. The van der Waals surface area contributed by atoms with E-state index in [0.717, 1.165) is 4.90 Å². The van der Waals surface area contributed by atoms with Crippen molar-refractivity contribution in [2.24, 2.45) is 5.92 Å². The van der Waals surface area contributed by atoms with Crippen LogP contribution in [0.3, 0.4) is 0 Å². The van der Waals surface area contributed by atoms with Crippen LogP contribution in [0.5, 0.6) is 5.75 Å². The highest BCUT2D eigenvalue weighted by Gasteiger charge is 2.69. The normalized spacial score (nSPS) is 31.0. The van der Waals surface area contributed by atoms with Gasteiger partial charge in [0, 0.05) is 12.5 Å². The third kappa shape index (κ3) is 2.15. The Hall–Kier alpha value is -1.76. The molecule has 0 radical (unpaired) electrons. The zero-order valence-corrected chi connectivity index (χ0v) is 11.9. The Kier molecular flexibility index (Phi) is 3.36. The van der Waals surface area contributed by atoms with E-state index in [0.29, 0.717) is 11.3 Å². The van der Waals surface area contributed by atoms with Crippen LogP contribution in [0.25, 0.3) is 0 Å². The zero-order valence-electron chi connectivity index (χ0n) is 11.9. The van der Waals surface area contributed by atoms with Crippen LogP contribution < -0.4 is 4.74 Å². The standard InChI is InChI=1S/C15H16F3NO3/c1-22-11-4-2-9(3-5-11)8-19-12-6-10(13(19)20)7-14(12,21)15(16,17)18/h2-5,10,12,21H,6-8H2,1H3/t10-,12+,14-/m1/s1. The Morgan fingerprint density at radius 3 is 2.50 bits per heavy atom. The summed E-state index contributed by atoms with van der Waals surface area (Å²) in [6, 6.07) is 5.57. The molecule has 1 aromatic rings. The Morgan fingerprint density at radius 2 is 2.00 bits per heavy atom. The van der Waals surface area contributed by atoms with E-state index >= 15 is 0 Å². The summed E-state index contributed by atoms with van der Waals surface area (Å²) in [5.41, 5.74) is -2.09. The summed E-state index contributed by atoms with van der Waals surface area (Å²) < 4.78 is 44.4. The summed E-state index contributed by atoms with van der Waals surface area (Å²) >= 11 is 0. The summed E-state index contributed by atoms with van der Waals surface area (Å²) in [4.78, 5) is 13.3. The van der Waals surface area contributed by atoms with Gasteiger partial charge >= 0.3 is 6.18 Å². The third-order valence-corrected chi connectivity index (χ3v) is 4.63. The number of ether oxygens (including phenoxy) is 1. The first-order valence-electron chi connectivity index (χ1n) is 6.99. The number of carbonyl (C=O) groups is 1. The van der Waals surface area contributed by atoms with E-state index in [9.17, 15) is 23.1 Å². The lowest BCUT2D eigenvalue weighted by molar-refractivity contribution is -0.277. The molecule has 2 bridgehead atoms. The fraction of sp³-hybridized carbons (Fsp3) is 0.533. The van der Waals surface area contributed by atoms with Crippen molar-refractivity contribution in [3.8, 4) is 5.75 Å². The van der Waals surface area contributed by atoms with Gasteiger partial charge in [0.15, 0.2) is 5.60 Å². The van der Waals surface area contributed by atoms with Crippen LogP contribution in [0.4, 0.5) is 13.2 Å². The topological polar surface area (TPSA) is 49.8 Å². The molecule has 2 fully saturated rings. The fourth-order valence-electron chi connectivity index (χ4n) is 3.44. The van der Waals surface area contributed by atoms with Gasteiger partial charge in [-0.2, -0.15) is 13.2 Å². The number of rotatable bonds is 3. The van der Waals surface area contributed by atoms with Crippen molar-refractivity contribution in [1.82, 2.24) is 4.90 Å². The van der Waals surface area contributed by atoms with Crippen molar-refractivity contribution in [2.75, 3.05) is 7.11 Å². The second-order valence-electron chi connectivity index (χ2n) is 5.89. The van der Waals surface area contributed by atoms with Gasteiger partial charge in [-0.3, -0.25) is 4.79 Å². The molecule has 0 aromatic heterocycles. The smallest absolute Gasteiger partial charge is 0.419 e. The molecule has 3 rings (SSSR count). The van der Waals surface area contributed by atoms with Crippen LogP contribution in [-0.4, -0.2) is 40.8 Å². The van der Waals surface area contributed by atoms with E-state index in [1.54, 1.807) is 24.3 Å². The minimum atomic E-state index is -4.73. The molecular weight excluding hydrogens is 299 g/mol. The first kappa shape index (κ1) is 15.1. The summed E-state index contributed by atoms with van der Waals surface area (Å²) in [7, 11) is 1.52. The summed E-state index contributed by atoms with van der Waals surface area (Å²) in [6.45, 7) is 0.0579. The highest BCUT2D eigenvalue weighted by molar-refractivity contribution is 5.83. The Morgan fingerprint density at radius 1 is 1.36 bits per heavy atom. The SMILES string of the molecule is COc1ccc(CN2C(=O)[C@@H]3C[C@H]2[C@@](O)(C(F)(F)F)C3)cc1. The van der Waals surface area contributed by atoms with E-state index in [2.05, 4.69) is 0 Å². The van der Waals surface area contributed by atoms with E-state index in [4.69, 9.17) is 4.74 Å². The van der Waals surface area contributed by atoms with Crippen molar-refractivity contribution in [3.05, 3.63) is 29.8 Å². The average molecular weight is 315 g/mol. The number of aliphatic hydroxyl groups is 1. The minimum Gasteiger partial charge on any atom is -0.497 e. The van der Waals surface area contributed by atoms with Gasteiger partial charge in [0.2, 0.25) is 5.91 Å². The van der Waals surface area contributed by atoms with Crippen molar-refractivity contribution in [1.29, 1.82) is 0 Å². The van der Waals surface area contributed by atoms with Crippen LogP contribution in [0, 0.1) is 5.92 Å². The monoisotopic (exact) mass is 315 g/mol. The second kappa shape index (κ2) is 4.87. The van der Waals surface area contributed by atoms with Gasteiger partial charge in [0.1, 0.15) is 5.75 Å². The molecule has 2 aliphatic rings. The maximum Gasteiger partial charge on any atom is 0.419 e. The van der Waals surface area contributed by atoms with Crippen LogP contribution in [0.1, 0.15) is 18.4 Å². The molecule has 3 atom stereocenters. The lowest BCUT2D eigenvalue weighted by atomic mass is 9.91. The van der Waals surface area contributed by atoms with Crippen molar-refractivity contribution in [3.63, 3.8) is 0 Å². The molecule has 1 aliphatic heterocycles.